The number of rotatable bonds is 1. The Morgan fingerprint density at radius 3 is 2.31 bits per heavy atom. The van der Waals surface area contributed by atoms with Gasteiger partial charge in [0.15, 0.2) is 0 Å². The molecule has 0 aliphatic heterocycles. The molecule has 0 radical (unpaired) electrons. The van der Waals surface area contributed by atoms with Crippen molar-refractivity contribution in [2.45, 2.75) is 0 Å². The standard InChI is InChI=1S/C7H4Cl2N4/c8-4-1-10-2-5(9)7(4)6-3-11-13-12-6/h1-3H,(H,11,12,13). The predicted molar refractivity (Wildman–Crippen MR) is 49.6 cm³/mol. The minimum atomic E-state index is 0.460. The molecule has 2 rings (SSSR count). The van der Waals surface area contributed by atoms with Gasteiger partial charge in [-0.3, -0.25) is 4.98 Å². The van der Waals surface area contributed by atoms with Crippen LogP contribution >= 0.6 is 23.2 Å². The van der Waals surface area contributed by atoms with Crippen LogP contribution in [0.25, 0.3) is 11.3 Å². The fraction of sp³-hybridized carbons (Fsp3) is 0. The third kappa shape index (κ3) is 1.50. The van der Waals surface area contributed by atoms with E-state index in [9.17, 15) is 0 Å². The number of hydrogen-bond acceptors (Lipinski definition) is 3. The highest BCUT2D eigenvalue weighted by molar-refractivity contribution is 6.38. The largest absolute Gasteiger partial charge is 0.262 e. The van der Waals surface area contributed by atoms with Crippen LogP contribution in [-0.4, -0.2) is 20.4 Å². The number of nitrogens with zero attached hydrogens (tertiary/aromatic N) is 3. The molecule has 6 heteroatoms. The zero-order chi connectivity index (χ0) is 9.26. The maximum atomic E-state index is 5.89. The lowest BCUT2D eigenvalue weighted by molar-refractivity contribution is 0.942. The fourth-order valence-electron chi connectivity index (χ4n) is 0.978. The van der Waals surface area contributed by atoms with E-state index in [1.807, 2.05) is 0 Å². The zero-order valence-electron chi connectivity index (χ0n) is 6.33. The normalized spacial score (nSPS) is 10.3. The first-order chi connectivity index (χ1) is 6.29. The third-order valence-electron chi connectivity index (χ3n) is 1.52. The molecule has 0 spiro atoms. The minimum absolute atomic E-state index is 0.460. The second-order valence-corrected chi connectivity index (χ2v) is 3.15. The van der Waals surface area contributed by atoms with Crippen LogP contribution in [0.5, 0.6) is 0 Å². The van der Waals surface area contributed by atoms with E-state index >= 15 is 0 Å². The molecule has 4 nitrogen and oxygen atoms in total. The summed E-state index contributed by atoms with van der Waals surface area (Å²) in [4.78, 5) is 3.83. The molecule has 1 N–H and O–H groups in total. The summed E-state index contributed by atoms with van der Waals surface area (Å²) in [6, 6.07) is 0. The maximum absolute atomic E-state index is 5.89. The van der Waals surface area contributed by atoms with Crippen LogP contribution in [0.4, 0.5) is 0 Å². The number of nitrogens with one attached hydrogen (secondary N) is 1. The Kier molecular flexibility index (Phi) is 2.16. The van der Waals surface area contributed by atoms with Crippen molar-refractivity contribution in [2.75, 3.05) is 0 Å². The van der Waals surface area contributed by atoms with Crippen LogP contribution in [-0.2, 0) is 0 Å². The molecule has 0 bridgehead atoms. The highest BCUT2D eigenvalue weighted by Gasteiger charge is 2.10. The second kappa shape index (κ2) is 3.32. The van der Waals surface area contributed by atoms with Gasteiger partial charge in [0.1, 0.15) is 5.69 Å². The molecule has 13 heavy (non-hydrogen) atoms. The summed E-state index contributed by atoms with van der Waals surface area (Å²) in [6.07, 6.45) is 4.57. The van der Waals surface area contributed by atoms with Crippen molar-refractivity contribution in [3.8, 4) is 11.3 Å². The van der Waals surface area contributed by atoms with Crippen molar-refractivity contribution in [3.63, 3.8) is 0 Å². The molecule has 0 saturated heterocycles. The Labute approximate surface area is 83.9 Å². The van der Waals surface area contributed by atoms with Gasteiger partial charge < -0.3 is 0 Å². The van der Waals surface area contributed by atoms with E-state index in [1.165, 1.54) is 12.4 Å². The van der Waals surface area contributed by atoms with Crippen LogP contribution in [0.1, 0.15) is 0 Å². The van der Waals surface area contributed by atoms with Gasteiger partial charge in [0.05, 0.1) is 16.2 Å². The second-order valence-electron chi connectivity index (χ2n) is 2.33. The Balaban J connectivity index is 2.64. The molecule has 0 aliphatic carbocycles. The smallest absolute Gasteiger partial charge is 0.115 e. The van der Waals surface area contributed by atoms with E-state index in [4.69, 9.17) is 23.2 Å². The molecule has 0 unspecified atom stereocenters. The predicted octanol–water partition coefficient (Wildman–Crippen LogP) is 2.17. The van der Waals surface area contributed by atoms with Crippen molar-refractivity contribution in [3.05, 3.63) is 28.6 Å². The van der Waals surface area contributed by atoms with Crippen molar-refractivity contribution >= 4 is 23.2 Å². The summed E-state index contributed by atoms with van der Waals surface area (Å²) in [5, 5.41) is 10.9. The van der Waals surface area contributed by atoms with Crippen molar-refractivity contribution in [1.82, 2.24) is 20.4 Å². The van der Waals surface area contributed by atoms with Gasteiger partial charge in [0, 0.05) is 18.0 Å². The van der Waals surface area contributed by atoms with E-state index < -0.39 is 0 Å². The first kappa shape index (κ1) is 8.47. The van der Waals surface area contributed by atoms with Gasteiger partial charge in [0.25, 0.3) is 0 Å². The van der Waals surface area contributed by atoms with Crippen LogP contribution in [0.3, 0.4) is 0 Å². The van der Waals surface area contributed by atoms with Gasteiger partial charge in [-0.05, 0) is 0 Å². The summed E-state index contributed by atoms with van der Waals surface area (Å²) in [6.45, 7) is 0. The fourth-order valence-corrected chi connectivity index (χ4v) is 1.54. The topological polar surface area (TPSA) is 54.5 Å². The van der Waals surface area contributed by atoms with Crippen LogP contribution in [0, 0.1) is 0 Å². The molecule has 0 atom stereocenters. The number of aromatic amines is 1. The lowest BCUT2D eigenvalue weighted by Crippen LogP contribution is -1.83. The van der Waals surface area contributed by atoms with Gasteiger partial charge in [-0.1, -0.05) is 23.2 Å². The average molecular weight is 215 g/mol. The summed E-state index contributed by atoms with van der Waals surface area (Å²) >= 11 is 11.8. The summed E-state index contributed by atoms with van der Waals surface area (Å²) in [5.74, 6) is 0. The first-order valence-corrected chi connectivity index (χ1v) is 4.20. The van der Waals surface area contributed by atoms with Crippen molar-refractivity contribution in [2.24, 2.45) is 0 Å². The summed E-state index contributed by atoms with van der Waals surface area (Å²) in [7, 11) is 0. The molecule has 0 amide bonds. The summed E-state index contributed by atoms with van der Waals surface area (Å²) in [5.41, 5.74) is 1.25. The van der Waals surface area contributed by atoms with Gasteiger partial charge in [-0.2, -0.15) is 15.4 Å². The van der Waals surface area contributed by atoms with E-state index in [2.05, 4.69) is 20.4 Å². The van der Waals surface area contributed by atoms with Crippen molar-refractivity contribution < 1.29 is 0 Å². The average Bonchev–Trinajstić information content (AvgIpc) is 2.57. The zero-order valence-corrected chi connectivity index (χ0v) is 7.84. The molecule has 0 saturated carbocycles. The number of aromatic nitrogens is 4. The molecule has 0 fully saturated rings. The van der Waals surface area contributed by atoms with Crippen molar-refractivity contribution in [1.29, 1.82) is 0 Å². The molecular formula is C7H4Cl2N4. The monoisotopic (exact) mass is 214 g/mol. The highest BCUT2D eigenvalue weighted by atomic mass is 35.5. The Hall–Kier alpha value is -1.13. The molecule has 66 valence electrons. The number of hydrogen-bond donors (Lipinski definition) is 1. The highest BCUT2D eigenvalue weighted by Crippen LogP contribution is 2.31. The number of halogens is 2. The first-order valence-electron chi connectivity index (χ1n) is 3.44. The van der Waals surface area contributed by atoms with Gasteiger partial charge >= 0.3 is 0 Å². The molecule has 2 heterocycles. The van der Waals surface area contributed by atoms with E-state index in [-0.39, 0.29) is 0 Å². The molecule has 0 aliphatic rings. The Morgan fingerprint density at radius 2 is 1.77 bits per heavy atom. The third-order valence-corrected chi connectivity index (χ3v) is 2.10. The number of pyridine rings is 1. The molecule has 2 aromatic rings. The lowest BCUT2D eigenvalue weighted by atomic mass is 10.2. The maximum Gasteiger partial charge on any atom is 0.115 e. The molecule has 2 aromatic heterocycles. The van der Waals surface area contributed by atoms with Gasteiger partial charge in [0.2, 0.25) is 0 Å². The Morgan fingerprint density at radius 1 is 1.08 bits per heavy atom. The minimum Gasteiger partial charge on any atom is -0.262 e. The summed E-state index contributed by atoms with van der Waals surface area (Å²) < 4.78 is 0. The number of H-pyrrole nitrogens is 1. The quantitative estimate of drug-likeness (QED) is 0.792. The van der Waals surface area contributed by atoms with Crippen LogP contribution in [0.15, 0.2) is 18.6 Å². The van der Waals surface area contributed by atoms with E-state index in [0.29, 0.717) is 21.3 Å². The SMILES string of the molecule is Clc1cncc(Cl)c1-c1cn[nH]n1. The Bertz CT molecular complexity index is 392. The van der Waals surface area contributed by atoms with Crippen LogP contribution < -0.4 is 0 Å². The molecule has 0 aromatic carbocycles. The van der Waals surface area contributed by atoms with Gasteiger partial charge in [-0.25, -0.2) is 0 Å². The van der Waals surface area contributed by atoms with E-state index in [1.54, 1.807) is 6.20 Å². The molecular weight excluding hydrogens is 211 g/mol. The lowest BCUT2D eigenvalue weighted by Gasteiger charge is -2.00. The van der Waals surface area contributed by atoms with Gasteiger partial charge in [-0.15, -0.1) is 0 Å². The van der Waals surface area contributed by atoms with E-state index in [0.717, 1.165) is 0 Å². The van der Waals surface area contributed by atoms with Crippen LogP contribution in [0.2, 0.25) is 10.0 Å².